The van der Waals surface area contributed by atoms with Gasteiger partial charge >= 0.3 is 0 Å². The van der Waals surface area contributed by atoms with Gasteiger partial charge in [-0.25, -0.2) is 0 Å². The van der Waals surface area contributed by atoms with Gasteiger partial charge in [-0.15, -0.1) is 0 Å². The van der Waals surface area contributed by atoms with Crippen molar-refractivity contribution in [3.63, 3.8) is 0 Å². The molecule has 1 heterocycles. The number of rotatable bonds is 4. The number of nitrogens with one attached hydrogen (secondary N) is 1. The van der Waals surface area contributed by atoms with Gasteiger partial charge in [0.15, 0.2) is 0 Å². The molecule has 1 amide bonds. The van der Waals surface area contributed by atoms with Crippen molar-refractivity contribution in [2.24, 2.45) is 0 Å². The summed E-state index contributed by atoms with van der Waals surface area (Å²) in [6.45, 7) is 0. The molecule has 0 unspecified atom stereocenters. The maximum absolute atomic E-state index is 11.7. The number of aryl methyl sites for hydroxylation is 1. The fourth-order valence-corrected chi connectivity index (χ4v) is 1.58. The summed E-state index contributed by atoms with van der Waals surface area (Å²) in [4.78, 5) is 15.6. The van der Waals surface area contributed by atoms with E-state index in [1.165, 1.54) is 0 Å². The van der Waals surface area contributed by atoms with Crippen molar-refractivity contribution in [3.8, 4) is 5.75 Å². The molecule has 2 rings (SSSR count). The summed E-state index contributed by atoms with van der Waals surface area (Å²) in [6.07, 6.45) is 4.54. The van der Waals surface area contributed by atoms with Crippen molar-refractivity contribution in [2.75, 3.05) is 5.32 Å². The lowest BCUT2D eigenvalue weighted by Crippen LogP contribution is -2.12. The first kappa shape index (κ1) is 12.1. The highest BCUT2D eigenvalue weighted by atomic mass is 16.3. The molecule has 0 bridgehead atoms. The van der Waals surface area contributed by atoms with Gasteiger partial charge in [-0.2, -0.15) is 0 Å². The Morgan fingerprint density at radius 3 is 2.44 bits per heavy atom. The van der Waals surface area contributed by atoms with Gasteiger partial charge in [0.05, 0.1) is 0 Å². The van der Waals surface area contributed by atoms with Gasteiger partial charge in [0, 0.05) is 24.5 Å². The van der Waals surface area contributed by atoms with Crippen LogP contribution in [-0.4, -0.2) is 16.0 Å². The van der Waals surface area contributed by atoms with Gasteiger partial charge in [-0.05, 0) is 48.4 Å². The standard InChI is InChI=1S/C14H14N2O2/c17-13-4-2-12(3-5-13)16-14(18)6-1-11-7-9-15-10-8-11/h2-5,7-10,17H,1,6H2,(H,16,18). The molecule has 1 aromatic heterocycles. The van der Waals surface area contributed by atoms with E-state index in [1.54, 1.807) is 36.7 Å². The molecule has 0 atom stereocenters. The third-order valence-corrected chi connectivity index (χ3v) is 2.54. The van der Waals surface area contributed by atoms with E-state index in [9.17, 15) is 4.79 Å². The van der Waals surface area contributed by atoms with Crippen molar-refractivity contribution in [3.05, 3.63) is 54.4 Å². The monoisotopic (exact) mass is 242 g/mol. The summed E-state index contributed by atoms with van der Waals surface area (Å²) in [6, 6.07) is 10.2. The fourth-order valence-electron chi connectivity index (χ4n) is 1.58. The Kier molecular flexibility index (Phi) is 3.91. The van der Waals surface area contributed by atoms with E-state index in [1.807, 2.05) is 12.1 Å². The van der Waals surface area contributed by atoms with Crippen LogP contribution in [0.25, 0.3) is 0 Å². The number of carbonyl (C=O) groups is 1. The van der Waals surface area contributed by atoms with Gasteiger partial charge in [0.1, 0.15) is 5.75 Å². The largest absolute Gasteiger partial charge is 0.508 e. The highest BCUT2D eigenvalue weighted by Gasteiger charge is 2.03. The predicted molar refractivity (Wildman–Crippen MR) is 69.3 cm³/mol. The molecule has 0 fully saturated rings. The average molecular weight is 242 g/mol. The molecule has 0 saturated carbocycles. The first-order chi connectivity index (χ1) is 8.74. The Morgan fingerprint density at radius 2 is 1.78 bits per heavy atom. The molecular formula is C14H14N2O2. The van der Waals surface area contributed by atoms with Crippen LogP contribution in [0.4, 0.5) is 5.69 Å². The van der Waals surface area contributed by atoms with Gasteiger partial charge < -0.3 is 10.4 Å². The van der Waals surface area contributed by atoms with Crippen molar-refractivity contribution in [1.29, 1.82) is 0 Å². The van der Waals surface area contributed by atoms with E-state index in [0.717, 1.165) is 5.56 Å². The van der Waals surface area contributed by atoms with E-state index in [4.69, 9.17) is 5.11 Å². The lowest BCUT2D eigenvalue weighted by molar-refractivity contribution is -0.116. The van der Waals surface area contributed by atoms with Crippen molar-refractivity contribution >= 4 is 11.6 Å². The van der Waals surface area contributed by atoms with Crippen LogP contribution in [0.15, 0.2) is 48.8 Å². The van der Waals surface area contributed by atoms with E-state index >= 15 is 0 Å². The van der Waals surface area contributed by atoms with Gasteiger partial charge in [-0.3, -0.25) is 9.78 Å². The molecule has 0 spiro atoms. The minimum absolute atomic E-state index is 0.0440. The Hall–Kier alpha value is -2.36. The molecule has 1 aromatic carbocycles. The highest BCUT2D eigenvalue weighted by Crippen LogP contribution is 2.14. The molecule has 4 heteroatoms. The second-order valence-electron chi connectivity index (χ2n) is 3.95. The summed E-state index contributed by atoms with van der Waals surface area (Å²) < 4.78 is 0. The number of aromatic hydroxyl groups is 1. The second-order valence-corrected chi connectivity index (χ2v) is 3.95. The molecule has 0 aliphatic heterocycles. The summed E-state index contributed by atoms with van der Waals surface area (Å²) >= 11 is 0. The van der Waals surface area contributed by atoms with Gasteiger partial charge in [-0.1, -0.05) is 0 Å². The second kappa shape index (κ2) is 5.82. The molecule has 4 nitrogen and oxygen atoms in total. The number of amides is 1. The zero-order valence-corrected chi connectivity index (χ0v) is 9.84. The molecule has 18 heavy (non-hydrogen) atoms. The number of hydrogen-bond acceptors (Lipinski definition) is 3. The number of anilines is 1. The number of phenolic OH excluding ortho intramolecular Hbond substituents is 1. The molecule has 0 aliphatic rings. The van der Waals surface area contributed by atoms with Crippen molar-refractivity contribution < 1.29 is 9.90 Å². The molecule has 0 aliphatic carbocycles. The molecule has 2 aromatic rings. The predicted octanol–water partition coefficient (Wildman–Crippen LogP) is 2.36. The van der Waals surface area contributed by atoms with E-state index in [-0.39, 0.29) is 11.7 Å². The number of carbonyl (C=O) groups excluding carboxylic acids is 1. The van der Waals surface area contributed by atoms with E-state index < -0.39 is 0 Å². The van der Waals surface area contributed by atoms with Gasteiger partial charge in [0.25, 0.3) is 0 Å². The Morgan fingerprint density at radius 1 is 1.11 bits per heavy atom. The quantitative estimate of drug-likeness (QED) is 0.809. The summed E-state index contributed by atoms with van der Waals surface area (Å²) in [5.41, 5.74) is 1.78. The zero-order valence-electron chi connectivity index (χ0n) is 9.84. The molecule has 0 radical (unpaired) electrons. The summed E-state index contributed by atoms with van der Waals surface area (Å²) in [7, 11) is 0. The molecule has 0 saturated heterocycles. The lowest BCUT2D eigenvalue weighted by Gasteiger charge is -2.05. The Balaban J connectivity index is 1.84. The normalized spacial score (nSPS) is 10.0. The third-order valence-electron chi connectivity index (χ3n) is 2.54. The summed E-state index contributed by atoms with van der Waals surface area (Å²) in [5.74, 6) is 0.141. The number of nitrogens with zero attached hydrogens (tertiary/aromatic N) is 1. The van der Waals surface area contributed by atoms with Crippen LogP contribution in [0.2, 0.25) is 0 Å². The number of benzene rings is 1. The van der Waals surface area contributed by atoms with Crippen LogP contribution in [0.5, 0.6) is 5.75 Å². The molecule has 2 N–H and O–H groups in total. The average Bonchev–Trinajstić information content (AvgIpc) is 2.40. The number of hydrogen-bond donors (Lipinski definition) is 2. The van der Waals surface area contributed by atoms with Crippen LogP contribution in [-0.2, 0) is 11.2 Å². The minimum atomic E-state index is -0.0440. The van der Waals surface area contributed by atoms with Crippen LogP contribution >= 0.6 is 0 Å². The fraction of sp³-hybridized carbons (Fsp3) is 0.143. The highest BCUT2D eigenvalue weighted by molar-refractivity contribution is 5.90. The lowest BCUT2D eigenvalue weighted by atomic mass is 10.1. The zero-order chi connectivity index (χ0) is 12.8. The Bertz CT molecular complexity index is 509. The SMILES string of the molecule is O=C(CCc1ccncc1)Nc1ccc(O)cc1. The maximum Gasteiger partial charge on any atom is 0.224 e. The van der Waals surface area contributed by atoms with Crippen molar-refractivity contribution in [1.82, 2.24) is 4.98 Å². The molecule has 92 valence electrons. The minimum Gasteiger partial charge on any atom is -0.508 e. The van der Waals surface area contributed by atoms with Gasteiger partial charge in [0.2, 0.25) is 5.91 Å². The smallest absolute Gasteiger partial charge is 0.224 e. The van der Waals surface area contributed by atoms with Crippen LogP contribution in [0, 0.1) is 0 Å². The first-order valence-electron chi connectivity index (χ1n) is 5.72. The van der Waals surface area contributed by atoms with Crippen LogP contribution in [0.3, 0.4) is 0 Å². The maximum atomic E-state index is 11.7. The topological polar surface area (TPSA) is 62.2 Å². The van der Waals surface area contributed by atoms with Crippen molar-refractivity contribution in [2.45, 2.75) is 12.8 Å². The number of phenols is 1. The summed E-state index contributed by atoms with van der Waals surface area (Å²) in [5, 5.41) is 11.9. The molecular weight excluding hydrogens is 228 g/mol. The Labute approximate surface area is 105 Å². The van der Waals surface area contributed by atoms with Crippen LogP contribution < -0.4 is 5.32 Å². The first-order valence-corrected chi connectivity index (χ1v) is 5.72. The number of aromatic nitrogens is 1. The van der Waals surface area contributed by atoms with E-state index in [0.29, 0.717) is 18.5 Å². The van der Waals surface area contributed by atoms with Crippen LogP contribution in [0.1, 0.15) is 12.0 Å². The van der Waals surface area contributed by atoms with E-state index in [2.05, 4.69) is 10.3 Å². The number of pyridine rings is 1. The third kappa shape index (κ3) is 3.59.